The van der Waals surface area contributed by atoms with Crippen LogP contribution >= 0.6 is 11.8 Å². The lowest BCUT2D eigenvalue weighted by atomic mass is 10.0. The van der Waals surface area contributed by atoms with Crippen molar-refractivity contribution in [1.82, 2.24) is 10.1 Å². The average Bonchev–Trinajstić information content (AvgIpc) is 2.65. The fourth-order valence-electron chi connectivity index (χ4n) is 3.07. The molecule has 7 heteroatoms. The van der Waals surface area contributed by atoms with Gasteiger partial charge in [-0.15, -0.1) is 0 Å². The van der Waals surface area contributed by atoms with Gasteiger partial charge >= 0.3 is 11.3 Å². The number of nitrogens with one attached hydrogen (secondary N) is 2. The number of fused-ring (bicyclic) bond motifs is 3. The number of nitrogens with zero attached hydrogens (tertiary/aromatic N) is 2. The van der Waals surface area contributed by atoms with Crippen molar-refractivity contribution >= 4 is 17.4 Å². The predicted molar refractivity (Wildman–Crippen MR) is 101 cm³/mol. The molecular weight excluding hydrogens is 348 g/mol. The molecule has 0 fully saturated rings. The van der Waals surface area contributed by atoms with E-state index in [2.05, 4.69) is 22.3 Å². The van der Waals surface area contributed by atoms with Gasteiger partial charge in [0.1, 0.15) is 5.75 Å². The van der Waals surface area contributed by atoms with Crippen molar-refractivity contribution in [3.8, 4) is 17.0 Å². The Balaban J connectivity index is 1.92. The second-order valence-corrected chi connectivity index (χ2v) is 7.17. The Hall–Kier alpha value is -2.80. The number of anilines is 1. The third-order valence-electron chi connectivity index (χ3n) is 4.21. The van der Waals surface area contributed by atoms with Gasteiger partial charge in [0.05, 0.1) is 11.3 Å². The molecule has 0 aliphatic carbocycles. The Morgan fingerprint density at radius 2 is 2.08 bits per heavy atom. The molecule has 0 saturated carbocycles. The Morgan fingerprint density at radius 3 is 2.88 bits per heavy atom. The van der Waals surface area contributed by atoms with Gasteiger partial charge in [0, 0.05) is 16.4 Å². The Kier molecular flexibility index (Phi) is 4.38. The normalized spacial score (nSPS) is 15.0. The standard InChI is InChI=1S/C19H18N4O2S/c1-2-10-26-19-21-18(25)16-14-8-3-4-9-15(14)20-17(23(16)22-19)12-6-5-7-13(24)11-12/h3-9,11,17H,2,10H2,1H3,(H2,21,22,24,25)/p+1/t17-/m1/s1. The van der Waals surface area contributed by atoms with E-state index in [1.165, 1.54) is 11.8 Å². The molecule has 4 rings (SSSR count). The lowest BCUT2D eigenvalue weighted by Gasteiger charge is -2.22. The molecule has 2 heterocycles. The van der Waals surface area contributed by atoms with Crippen molar-refractivity contribution in [1.29, 1.82) is 0 Å². The van der Waals surface area contributed by atoms with Crippen molar-refractivity contribution in [3.63, 3.8) is 0 Å². The molecule has 0 spiro atoms. The molecule has 3 aromatic rings. The highest BCUT2D eigenvalue weighted by atomic mass is 32.2. The third-order valence-corrected chi connectivity index (χ3v) is 5.28. The summed E-state index contributed by atoms with van der Waals surface area (Å²) in [7, 11) is 0. The number of H-pyrrole nitrogens is 1. The summed E-state index contributed by atoms with van der Waals surface area (Å²) in [5, 5.41) is 18.6. The monoisotopic (exact) mass is 367 g/mol. The first-order chi connectivity index (χ1) is 12.7. The van der Waals surface area contributed by atoms with Crippen molar-refractivity contribution < 1.29 is 9.79 Å². The molecule has 1 aliphatic heterocycles. The van der Waals surface area contributed by atoms with Gasteiger partial charge in [0.25, 0.3) is 6.17 Å². The van der Waals surface area contributed by atoms with Crippen LogP contribution in [-0.4, -0.2) is 20.9 Å². The molecule has 1 aliphatic rings. The van der Waals surface area contributed by atoms with E-state index in [0.717, 1.165) is 29.0 Å². The number of aromatic hydroxyl groups is 1. The number of thioether (sulfide) groups is 1. The molecule has 2 aromatic carbocycles. The van der Waals surface area contributed by atoms with E-state index in [1.807, 2.05) is 30.3 Å². The zero-order valence-electron chi connectivity index (χ0n) is 14.3. The first-order valence-corrected chi connectivity index (χ1v) is 9.49. The smallest absolute Gasteiger partial charge is 0.325 e. The summed E-state index contributed by atoms with van der Waals surface area (Å²) >= 11 is 1.52. The number of aromatic amines is 1. The van der Waals surface area contributed by atoms with Gasteiger partial charge in [-0.1, -0.05) is 36.9 Å². The maximum atomic E-state index is 12.8. The van der Waals surface area contributed by atoms with Crippen molar-refractivity contribution in [2.75, 3.05) is 11.1 Å². The van der Waals surface area contributed by atoms with E-state index >= 15 is 0 Å². The first-order valence-electron chi connectivity index (χ1n) is 8.51. The van der Waals surface area contributed by atoms with Crippen molar-refractivity contribution in [2.24, 2.45) is 0 Å². The van der Waals surface area contributed by atoms with Crippen LogP contribution in [0.2, 0.25) is 0 Å². The van der Waals surface area contributed by atoms with Gasteiger partial charge in [-0.2, -0.15) is 0 Å². The van der Waals surface area contributed by atoms with E-state index in [1.54, 1.807) is 22.9 Å². The molecule has 1 aromatic heterocycles. The van der Waals surface area contributed by atoms with Gasteiger partial charge in [-0.25, -0.2) is 0 Å². The number of rotatable bonds is 4. The minimum Gasteiger partial charge on any atom is -0.508 e. The zero-order chi connectivity index (χ0) is 18.1. The summed E-state index contributed by atoms with van der Waals surface area (Å²) in [5.74, 6) is 1.05. The summed E-state index contributed by atoms with van der Waals surface area (Å²) in [6.45, 7) is 2.09. The fraction of sp³-hybridized carbons (Fsp3) is 0.211. The van der Waals surface area contributed by atoms with Crippen LogP contribution in [0.1, 0.15) is 25.1 Å². The van der Waals surface area contributed by atoms with Gasteiger partial charge in [0.2, 0.25) is 5.16 Å². The SMILES string of the molecule is CCCSc1n[n+]2c(c(=O)[nH]1)-c1ccccc1N[C@H]2c1cccc(O)c1. The summed E-state index contributed by atoms with van der Waals surface area (Å²) in [4.78, 5) is 15.7. The van der Waals surface area contributed by atoms with E-state index in [0.29, 0.717) is 10.9 Å². The second kappa shape index (κ2) is 6.84. The molecule has 6 nitrogen and oxygen atoms in total. The van der Waals surface area contributed by atoms with Crippen LogP contribution in [0, 0.1) is 0 Å². The zero-order valence-corrected chi connectivity index (χ0v) is 15.1. The van der Waals surface area contributed by atoms with Gasteiger partial charge in [-0.3, -0.25) is 9.78 Å². The Morgan fingerprint density at radius 1 is 1.23 bits per heavy atom. The Bertz CT molecular complexity index is 1020. The van der Waals surface area contributed by atoms with Crippen LogP contribution in [0.5, 0.6) is 5.75 Å². The van der Waals surface area contributed by atoms with E-state index < -0.39 is 0 Å². The minimum absolute atomic E-state index is 0.169. The maximum Gasteiger partial charge on any atom is 0.325 e. The highest BCUT2D eigenvalue weighted by Gasteiger charge is 2.37. The van der Waals surface area contributed by atoms with E-state index in [4.69, 9.17) is 0 Å². The fourth-order valence-corrected chi connectivity index (χ4v) is 3.78. The summed E-state index contributed by atoms with van der Waals surface area (Å²) in [5.41, 5.74) is 2.84. The van der Waals surface area contributed by atoms with E-state index in [9.17, 15) is 9.90 Å². The summed E-state index contributed by atoms with van der Waals surface area (Å²) in [6, 6.07) is 14.7. The minimum atomic E-state index is -0.379. The molecular formula is C19H19N4O2S+. The average molecular weight is 367 g/mol. The Labute approximate surface area is 154 Å². The lowest BCUT2D eigenvalue weighted by Crippen LogP contribution is -2.55. The molecule has 26 heavy (non-hydrogen) atoms. The molecule has 0 saturated heterocycles. The topological polar surface area (TPSA) is 81.9 Å². The van der Waals surface area contributed by atoms with E-state index in [-0.39, 0.29) is 17.5 Å². The second-order valence-electron chi connectivity index (χ2n) is 6.09. The highest BCUT2D eigenvalue weighted by molar-refractivity contribution is 7.99. The van der Waals surface area contributed by atoms with Crippen LogP contribution in [0.15, 0.2) is 58.5 Å². The third kappa shape index (κ3) is 2.94. The summed E-state index contributed by atoms with van der Waals surface area (Å²) < 4.78 is 1.72. The van der Waals surface area contributed by atoms with Crippen molar-refractivity contribution in [2.45, 2.75) is 24.7 Å². The van der Waals surface area contributed by atoms with Crippen LogP contribution < -0.4 is 15.6 Å². The number of aromatic nitrogens is 3. The van der Waals surface area contributed by atoms with Crippen LogP contribution in [0.4, 0.5) is 5.69 Å². The molecule has 0 amide bonds. The van der Waals surface area contributed by atoms with Crippen molar-refractivity contribution in [3.05, 3.63) is 64.4 Å². The predicted octanol–water partition coefficient (Wildman–Crippen LogP) is 2.90. The van der Waals surface area contributed by atoms with Gasteiger partial charge in [0.15, 0.2) is 0 Å². The van der Waals surface area contributed by atoms with Crippen LogP contribution in [-0.2, 0) is 0 Å². The van der Waals surface area contributed by atoms with Gasteiger partial charge in [-0.05, 0) is 41.4 Å². The summed E-state index contributed by atoms with van der Waals surface area (Å²) in [6.07, 6.45) is 0.614. The molecule has 1 atom stereocenters. The number of phenolic OH excluding ortho intramolecular Hbond substituents is 1. The molecule has 0 bridgehead atoms. The van der Waals surface area contributed by atoms with Crippen LogP contribution in [0.25, 0.3) is 11.3 Å². The number of hydrogen-bond donors (Lipinski definition) is 3. The highest BCUT2D eigenvalue weighted by Crippen LogP contribution is 2.32. The number of benzene rings is 2. The molecule has 3 N–H and O–H groups in total. The number of phenols is 1. The van der Waals surface area contributed by atoms with Crippen LogP contribution in [0.3, 0.4) is 0 Å². The quantitative estimate of drug-likeness (QED) is 0.488. The number of hydrogen-bond acceptors (Lipinski definition) is 5. The van der Waals surface area contributed by atoms with Gasteiger partial charge < -0.3 is 10.4 Å². The largest absolute Gasteiger partial charge is 0.508 e. The molecule has 0 radical (unpaired) electrons. The first kappa shape index (κ1) is 16.7. The molecule has 0 unspecified atom stereocenters. The maximum absolute atomic E-state index is 12.8. The lowest BCUT2D eigenvalue weighted by molar-refractivity contribution is -0.759. The molecule has 132 valence electrons. The number of para-hydroxylation sites is 1.